The summed E-state index contributed by atoms with van der Waals surface area (Å²) in [6.45, 7) is 1.59. The van der Waals surface area contributed by atoms with Gasteiger partial charge in [0.25, 0.3) is 0 Å². The van der Waals surface area contributed by atoms with Gasteiger partial charge in [0.15, 0.2) is 5.78 Å². The quantitative estimate of drug-likeness (QED) is 0.776. The lowest BCUT2D eigenvalue weighted by atomic mass is 10.1. The van der Waals surface area contributed by atoms with Crippen LogP contribution in [0.3, 0.4) is 0 Å². The molecule has 1 aliphatic heterocycles. The van der Waals surface area contributed by atoms with Crippen molar-refractivity contribution in [3.63, 3.8) is 0 Å². The Hall–Kier alpha value is -1.94. The molecule has 0 aromatic heterocycles. The van der Waals surface area contributed by atoms with Crippen LogP contribution in [0.1, 0.15) is 17.3 Å². The first-order valence-electron chi connectivity index (χ1n) is 6.35. The Morgan fingerprint density at radius 1 is 1.10 bits per heavy atom. The molecule has 1 aliphatic rings. The molecule has 0 aliphatic carbocycles. The van der Waals surface area contributed by atoms with Crippen LogP contribution in [0.25, 0.3) is 0 Å². The molecule has 0 saturated heterocycles. The van der Waals surface area contributed by atoms with Gasteiger partial charge in [0.1, 0.15) is 5.75 Å². The fourth-order valence-corrected chi connectivity index (χ4v) is 3.47. The standard InChI is InChI=1S/C16H15NO2S/c1-10(18)11-4-7-15-14(8-11)17(2)13-6-5-12(19-3)9-16(13)20-15/h4-9H,1-3H3. The summed E-state index contributed by atoms with van der Waals surface area (Å²) in [5, 5.41) is 0. The van der Waals surface area contributed by atoms with Crippen molar-refractivity contribution in [2.45, 2.75) is 16.7 Å². The normalized spacial score (nSPS) is 12.7. The van der Waals surface area contributed by atoms with Crippen molar-refractivity contribution in [2.24, 2.45) is 0 Å². The summed E-state index contributed by atoms with van der Waals surface area (Å²) in [5.74, 6) is 0.945. The Labute approximate surface area is 122 Å². The molecule has 0 saturated carbocycles. The third kappa shape index (κ3) is 2.06. The first-order chi connectivity index (χ1) is 9.60. The molecule has 0 spiro atoms. The summed E-state index contributed by atoms with van der Waals surface area (Å²) in [4.78, 5) is 16.0. The molecule has 1 heterocycles. The third-order valence-electron chi connectivity index (χ3n) is 3.48. The molecule has 20 heavy (non-hydrogen) atoms. The largest absolute Gasteiger partial charge is 0.497 e. The molecule has 4 heteroatoms. The van der Waals surface area contributed by atoms with Crippen LogP contribution in [-0.2, 0) is 0 Å². The number of carbonyl (C=O) groups excluding carboxylic acids is 1. The molecule has 0 atom stereocenters. The summed E-state index contributed by atoms with van der Waals surface area (Å²) in [5.41, 5.74) is 2.94. The summed E-state index contributed by atoms with van der Waals surface area (Å²) in [6, 6.07) is 11.9. The fraction of sp³-hybridized carbons (Fsp3) is 0.188. The van der Waals surface area contributed by atoms with Gasteiger partial charge in [0.05, 0.1) is 18.5 Å². The summed E-state index contributed by atoms with van der Waals surface area (Å²) < 4.78 is 5.28. The van der Waals surface area contributed by atoms with E-state index in [1.165, 1.54) is 0 Å². The fourth-order valence-electron chi connectivity index (χ4n) is 2.31. The Kier molecular flexibility index (Phi) is 3.18. The number of benzene rings is 2. The number of ketones is 1. The molecule has 3 nitrogen and oxygen atoms in total. The van der Waals surface area contributed by atoms with Gasteiger partial charge in [-0.15, -0.1) is 0 Å². The number of ether oxygens (including phenoxy) is 1. The van der Waals surface area contributed by atoms with Crippen LogP contribution >= 0.6 is 11.8 Å². The summed E-state index contributed by atoms with van der Waals surface area (Å²) in [7, 11) is 3.69. The number of carbonyl (C=O) groups is 1. The summed E-state index contributed by atoms with van der Waals surface area (Å²) in [6.07, 6.45) is 0. The molecule has 102 valence electrons. The van der Waals surface area contributed by atoms with Crippen molar-refractivity contribution in [2.75, 3.05) is 19.1 Å². The van der Waals surface area contributed by atoms with Crippen molar-refractivity contribution in [3.8, 4) is 5.75 Å². The van der Waals surface area contributed by atoms with E-state index in [9.17, 15) is 4.79 Å². The monoisotopic (exact) mass is 285 g/mol. The molecular formula is C16H15NO2S. The van der Waals surface area contributed by atoms with Crippen molar-refractivity contribution < 1.29 is 9.53 Å². The van der Waals surface area contributed by atoms with E-state index in [0.717, 1.165) is 32.5 Å². The lowest BCUT2D eigenvalue weighted by molar-refractivity contribution is 0.101. The maximum atomic E-state index is 11.5. The van der Waals surface area contributed by atoms with Gasteiger partial charge in [-0.2, -0.15) is 0 Å². The minimum atomic E-state index is 0.0896. The first-order valence-corrected chi connectivity index (χ1v) is 7.16. The second kappa shape index (κ2) is 4.87. The maximum absolute atomic E-state index is 11.5. The van der Waals surface area contributed by atoms with Gasteiger partial charge in [-0.05, 0) is 37.3 Å². The van der Waals surface area contributed by atoms with E-state index in [1.807, 2.05) is 43.4 Å². The molecule has 0 radical (unpaired) electrons. The Balaban J connectivity index is 2.09. The number of Topliss-reactive ketones (excluding diaryl/α,β-unsaturated/α-hetero) is 1. The molecule has 0 amide bonds. The van der Waals surface area contributed by atoms with Crippen molar-refractivity contribution in [1.82, 2.24) is 0 Å². The summed E-state index contributed by atoms with van der Waals surface area (Å²) >= 11 is 1.70. The van der Waals surface area contributed by atoms with Crippen molar-refractivity contribution in [3.05, 3.63) is 42.0 Å². The number of fused-ring (bicyclic) bond motifs is 2. The number of hydrogen-bond donors (Lipinski definition) is 0. The minimum absolute atomic E-state index is 0.0896. The number of rotatable bonds is 2. The minimum Gasteiger partial charge on any atom is -0.497 e. The van der Waals surface area contributed by atoms with Crippen molar-refractivity contribution in [1.29, 1.82) is 0 Å². The van der Waals surface area contributed by atoms with Crippen LogP contribution < -0.4 is 9.64 Å². The second-order valence-corrected chi connectivity index (χ2v) is 5.82. The zero-order valence-corrected chi connectivity index (χ0v) is 12.5. The Morgan fingerprint density at radius 2 is 1.90 bits per heavy atom. The van der Waals surface area contributed by atoms with Gasteiger partial charge >= 0.3 is 0 Å². The van der Waals surface area contributed by atoms with Gasteiger partial charge in [-0.1, -0.05) is 17.8 Å². The van der Waals surface area contributed by atoms with Crippen LogP contribution in [0.4, 0.5) is 11.4 Å². The Morgan fingerprint density at radius 3 is 2.60 bits per heavy atom. The average Bonchev–Trinajstić information content (AvgIpc) is 2.46. The molecule has 2 aromatic rings. The van der Waals surface area contributed by atoms with E-state index >= 15 is 0 Å². The van der Waals surface area contributed by atoms with Crippen LogP contribution in [0.2, 0.25) is 0 Å². The van der Waals surface area contributed by atoms with E-state index in [2.05, 4.69) is 4.90 Å². The van der Waals surface area contributed by atoms with E-state index < -0.39 is 0 Å². The SMILES string of the molecule is COc1ccc2c(c1)Sc1ccc(C(C)=O)cc1N2C. The molecule has 3 rings (SSSR count). The van der Waals surface area contributed by atoms with Crippen LogP contribution in [0.5, 0.6) is 5.75 Å². The van der Waals surface area contributed by atoms with Gasteiger partial charge in [-0.3, -0.25) is 4.79 Å². The number of hydrogen-bond acceptors (Lipinski definition) is 4. The zero-order chi connectivity index (χ0) is 14.3. The highest BCUT2D eigenvalue weighted by Crippen LogP contribution is 2.48. The molecule has 2 aromatic carbocycles. The zero-order valence-electron chi connectivity index (χ0n) is 11.6. The topological polar surface area (TPSA) is 29.5 Å². The smallest absolute Gasteiger partial charge is 0.159 e. The highest BCUT2D eigenvalue weighted by atomic mass is 32.2. The van der Waals surface area contributed by atoms with E-state index in [1.54, 1.807) is 25.8 Å². The first kappa shape index (κ1) is 13.1. The maximum Gasteiger partial charge on any atom is 0.159 e. The van der Waals surface area contributed by atoms with Gasteiger partial charge < -0.3 is 9.64 Å². The average molecular weight is 285 g/mol. The molecule has 0 unspecified atom stereocenters. The molecule has 0 fully saturated rings. The Bertz CT molecular complexity index is 697. The van der Waals surface area contributed by atoms with E-state index in [0.29, 0.717) is 0 Å². The number of anilines is 2. The van der Waals surface area contributed by atoms with Gasteiger partial charge in [0.2, 0.25) is 0 Å². The molecule has 0 bridgehead atoms. The molecular weight excluding hydrogens is 270 g/mol. The highest BCUT2D eigenvalue weighted by molar-refractivity contribution is 7.99. The van der Waals surface area contributed by atoms with Gasteiger partial charge in [-0.25, -0.2) is 0 Å². The molecule has 0 N–H and O–H groups in total. The van der Waals surface area contributed by atoms with E-state index in [-0.39, 0.29) is 5.78 Å². The van der Waals surface area contributed by atoms with Crippen LogP contribution in [0, 0.1) is 0 Å². The highest BCUT2D eigenvalue weighted by Gasteiger charge is 2.21. The third-order valence-corrected chi connectivity index (χ3v) is 4.59. The second-order valence-electron chi connectivity index (χ2n) is 4.73. The van der Waals surface area contributed by atoms with E-state index in [4.69, 9.17) is 4.74 Å². The number of methoxy groups -OCH3 is 1. The van der Waals surface area contributed by atoms with Crippen molar-refractivity contribution >= 4 is 28.9 Å². The lowest BCUT2D eigenvalue weighted by Gasteiger charge is -2.30. The lowest BCUT2D eigenvalue weighted by Crippen LogP contribution is -2.15. The van der Waals surface area contributed by atoms with Gasteiger partial charge in [0, 0.05) is 22.4 Å². The predicted molar refractivity (Wildman–Crippen MR) is 81.6 cm³/mol. The number of nitrogens with zero attached hydrogens (tertiary/aromatic N) is 1. The van der Waals surface area contributed by atoms with Crippen LogP contribution in [-0.4, -0.2) is 19.9 Å². The predicted octanol–water partition coefficient (Wildman–Crippen LogP) is 4.13. The van der Waals surface area contributed by atoms with Crippen LogP contribution in [0.15, 0.2) is 46.2 Å².